The maximum absolute atomic E-state index is 12.6. The van der Waals surface area contributed by atoms with Gasteiger partial charge in [0.2, 0.25) is 17.7 Å². The number of carboxylic acids is 2. The van der Waals surface area contributed by atoms with Crippen molar-refractivity contribution in [3.8, 4) is 0 Å². The van der Waals surface area contributed by atoms with Gasteiger partial charge in [-0.1, -0.05) is 20.3 Å². The highest BCUT2D eigenvalue weighted by atomic mass is 32.1. The van der Waals surface area contributed by atoms with Crippen LogP contribution in [0.2, 0.25) is 0 Å². The average Bonchev–Trinajstić information content (AvgIpc) is 2.74. The Morgan fingerprint density at radius 3 is 1.91 bits per heavy atom. The fourth-order valence-corrected chi connectivity index (χ4v) is 2.91. The number of carbonyl (C=O) groups is 5. The standard InChI is InChI=1S/C19H35N5O7S/c1-3-10(2)15(21)18(29)23-12(8-14(25)26)16(27)24-13(9-32)17(28)22-11(19(30)31)6-4-5-7-20/h10-13,15,32H,3-9,20-21H2,1-2H3,(H,22,28)(H,23,29)(H,24,27)(H,25,26)(H,30,31). The number of nitrogens with one attached hydrogen (secondary N) is 3. The normalized spacial score (nSPS) is 15.5. The fourth-order valence-electron chi connectivity index (χ4n) is 2.65. The summed E-state index contributed by atoms with van der Waals surface area (Å²) in [7, 11) is 0. The van der Waals surface area contributed by atoms with Gasteiger partial charge in [-0.05, 0) is 31.7 Å². The fraction of sp³-hybridized carbons (Fsp3) is 0.737. The lowest BCUT2D eigenvalue weighted by molar-refractivity contribution is -0.143. The summed E-state index contributed by atoms with van der Waals surface area (Å²) < 4.78 is 0. The molecule has 0 rings (SSSR count). The molecule has 9 N–H and O–H groups in total. The zero-order valence-corrected chi connectivity index (χ0v) is 19.3. The van der Waals surface area contributed by atoms with E-state index in [0.717, 1.165) is 0 Å². The molecule has 0 saturated heterocycles. The van der Waals surface area contributed by atoms with Crippen molar-refractivity contribution in [2.24, 2.45) is 17.4 Å². The number of hydrogen-bond donors (Lipinski definition) is 8. The first-order valence-electron chi connectivity index (χ1n) is 10.4. The van der Waals surface area contributed by atoms with E-state index in [1.807, 2.05) is 6.92 Å². The number of thiol groups is 1. The summed E-state index contributed by atoms with van der Waals surface area (Å²) in [4.78, 5) is 59.9. The molecule has 0 radical (unpaired) electrons. The van der Waals surface area contributed by atoms with Crippen LogP contribution in [0.15, 0.2) is 0 Å². The van der Waals surface area contributed by atoms with E-state index in [1.165, 1.54) is 0 Å². The Labute approximate surface area is 192 Å². The maximum Gasteiger partial charge on any atom is 0.326 e. The first kappa shape index (κ1) is 29.6. The monoisotopic (exact) mass is 477 g/mol. The van der Waals surface area contributed by atoms with Crippen molar-refractivity contribution in [1.29, 1.82) is 0 Å². The van der Waals surface area contributed by atoms with Crippen molar-refractivity contribution in [2.75, 3.05) is 12.3 Å². The summed E-state index contributed by atoms with van der Waals surface area (Å²) in [6.45, 7) is 3.95. The Hall–Kier alpha value is -2.38. The lowest BCUT2D eigenvalue weighted by Crippen LogP contribution is -2.58. The zero-order chi connectivity index (χ0) is 24.8. The predicted molar refractivity (Wildman–Crippen MR) is 120 cm³/mol. The Morgan fingerprint density at radius 1 is 0.906 bits per heavy atom. The van der Waals surface area contributed by atoms with Gasteiger partial charge in [-0.2, -0.15) is 12.6 Å². The number of rotatable bonds is 16. The van der Waals surface area contributed by atoms with E-state index in [9.17, 15) is 29.1 Å². The van der Waals surface area contributed by atoms with E-state index < -0.39 is 60.2 Å². The van der Waals surface area contributed by atoms with E-state index in [1.54, 1.807) is 6.92 Å². The van der Waals surface area contributed by atoms with Crippen molar-refractivity contribution in [3.05, 3.63) is 0 Å². The zero-order valence-electron chi connectivity index (χ0n) is 18.4. The molecule has 0 bridgehead atoms. The smallest absolute Gasteiger partial charge is 0.326 e. The van der Waals surface area contributed by atoms with Gasteiger partial charge in [-0.25, -0.2) is 4.79 Å². The van der Waals surface area contributed by atoms with Gasteiger partial charge in [0.1, 0.15) is 18.1 Å². The van der Waals surface area contributed by atoms with Crippen LogP contribution >= 0.6 is 12.6 Å². The quantitative estimate of drug-likeness (QED) is 0.0950. The molecule has 0 saturated carbocycles. The molecule has 12 nitrogen and oxygen atoms in total. The summed E-state index contributed by atoms with van der Waals surface area (Å²) in [5.74, 6) is -5.40. The summed E-state index contributed by atoms with van der Waals surface area (Å²) in [5.41, 5.74) is 11.2. The number of carbonyl (C=O) groups excluding carboxylic acids is 3. The Morgan fingerprint density at radius 2 is 1.44 bits per heavy atom. The second-order valence-corrected chi connectivity index (χ2v) is 7.86. The molecule has 13 heteroatoms. The molecule has 0 aliphatic rings. The molecule has 5 atom stereocenters. The first-order valence-corrected chi connectivity index (χ1v) is 11.0. The van der Waals surface area contributed by atoms with Crippen molar-refractivity contribution in [2.45, 2.75) is 70.1 Å². The maximum atomic E-state index is 12.6. The molecule has 0 aliphatic heterocycles. The number of aliphatic carboxylic acids is 2. The van der Waals surface area contributed by atoms with Crippen LogP contribution in [0.3, 0.4) is 0 Å². The predicted octanol–water partition coefficient (Wildman–Crippen LogP) is -1.57. The van der Waals surface area contributed by atoms with Gasteiger partial charge < -0.3 is 37.6 Å². The molecule has 0 aromatic heterocycles. The number of nitrogens with two attached hydrogens (primary N) is 2. The largest absolute Gasteiger partial charge is 0.481 e. The SMILES string of the molecule is CCC(C)C(N)C(=O)NC(CC(=O)O)C(=O)NC(CS)C(=O)NC(CCCCN)C(=O)O. The summed E-state index contributed by atoms with van der Waals surface area (Å²) in [5, 5.41) is 25.3. The number of unbranched alkanes of at least 4 members (excludes halogenated alkanes) is 1. The van der Waals surface area contributed by atoms with E-state index in [0.29, 0.717) is 25.8 Å². The highest BCUT2D eigenvalue weighted by Crippen LogP contribution is 2.07. The number of amides is 3. The minimum atomic E-state index is -1.48. The Kier molecular flexibility index (Phi) is 14.3. The Balaban J connectivity index is 5.23. The van der Waals surface area contributed by atoms with Crippen LogP contribution in [0.5, 0.6) is 0 Å². The Bertz CT molecular complexity index is 664. The van der Waals surface area contributed by atoms with Crippen molar-refractivity contribution in [3.63, 3.8) is 0 Å². The van der Waals surface area contributed by atoms with E-state index >= 15 is 0 Å². The molecule has 0 heterocycles. The molecule has 0 aliphatic carbocycles. The van der Waals surface area contributed by atoms with E-state index in [-0.39, 0.29) is 18.1 Å². The molecule has 0 fully saturated rings. The third kappa shape index (κ3) is 10.8. The van der Waals surface area contributed by atoms with Crippen molar-refractivity contribution >= 4 is 42.3 Å². The highest BCUT2D eigenvalue weighted by molar-refractivity contribution is 7.80. The van der Waals surface area contributed by atoms with Crippen molar-refractivity contribution < 1.29 is 34.2 Å². The van der Waals surface area contributed by atoms with Gasteiger partial charge in [0, 0.05) is 5.75 Å². The van der Waals surface area contributed by atoms with Crippen LogP contribution in [0, 0.1) is 5.92 Å². The molecule has 0 spiro atoms. The van der Waals surface area contributed by atoms with Crippen LogP contribution in [-0.2, 0) is 24.0 Å². The van der Waals surface area contributed by atoms with Gasteiger partial charge in [0.25, 0.3) is 0 Å². The van der Waals surface area contributed by atoms with Crippen LogP contribution in [0.1, 0.15) is 46.0 Å². The number of carboxylic acid groups (broad SMARTS) is 2. The highest BCUT2D eigenvalue weighted by Gasteiger charge is 2.31. The van der Waals surface area contributed by atoms with E-state index in [4.69, 9.17) is 16.6 Å². The minimum Gasteiger partial charge on any atom is -0.481 e. The summed E-state index contributed by atoms with van der Waals surface area (Å²) >= 11 is 4.01. The molecule has 184 valence electrons. The lowest BCUT2D eigenvalue weighted by atomic mass is 9.99. The topological polar surface area (TPSA) is 214 Å². The molecular formula is C19H35N5O7S. The molecule has 0 aromatic rings. The summed E-state index contributed by atoms with van der Waals surface area (Å²) in [6, 6.07) is -4.86. The van der Waals surface area contributed by atoms with Crippen molar-refractivity contribution in [1.82, 2.24) is 16.0 Å². The molecule has 3 amide bonds. The second-order valence-electron chi connectivity index (χ2n) is 7.50. The van der Waals surface area contributed by atoms with Gasteiger partial charge >= 0.3 is 11.9 Å². The molecule has 32 heavy (non-hydrogen) atoms. The summed E-state index contributed by atoms with van der Waals surface area (Å²) in [6.07, 6.45) is 1.08. The lowest BCUT2D eigenvalue weighted by Gasteiger charge is -2.25. The van der Waals surface area contributed by atoms with Gasteiger partial charge in [-0.15, -0.1) is 0 Å². The van der Waals surface area contributed by atoms with Gasteiger partial charge in [-0.3, -0.25) is 19.2 Å². The van der Waals surface area contributed by atoms with Crippen LogP contribution < -0.4 is 27.4 Å². The number of hydrogen-bond acceptors (Lipinski definition) is 8. The molecular weight excluding hydrogens is 442 g/mol. The second kappa shape index (κ2) is 15.4. The third-order valence-corrected chi connectivity index (χ3v) is 5.31. The first-order chi connectivity index (χ1) is 15.0. The van der Waals surface area contributed by atoms with Crippen LogP contribution in [0.4, 0.5) is 0 Å². The molecule has 0 aromatic carbocycles. The third-order valence-electron chi connectivity index (χ3n) is 4.95. The van der Waals surface area contributed by atoms with Gasteiger partial charge in [0.05, 0.1) is 12.5 Å². The molecule has 5 unspecified atom stereocenters. The van der Waals surface area contributed by atoms with E-state index in [2.05, 4.69) is 28.6 Å². The minimum absolute atomic E-state index is 0.150. The van der Waals surface area contributed by atoms with Crippen LogP contribution in [-0.4, -0.2) is 76.3 Å². The average molecular weight is 478 g/mol. The van der Waals surface area contributed by atoms with Crippen LogP contribution in [0.25, 0.3) is 0 Å². The van der Waals surface area contributed by atoms with Gasteiger partial charge in [0.15, 0.2) is 0 Å².